The van der Waals surface area contributed by atoms with Crippen molar-refractivity contribution in [3.8, 4) is 17.5 Å². The summed E-state index contributed by atoms with van der Waals surface area (Å²) in [5.41, 5.74) is 12.6. The van der Waals surface area contributed by atoms with Gasteiger partial charge in [0, 0.05) is 51.9 Å². The molecule has 6 nitrogen and oxygen atoms in total. The number of rotatable bonds is 6. The quantitative estimate of drug-likeness (QED) is 0.166. The molecule has 0 unspecified atom stereocenters. The molecule has 5 heterocycles. The Balaban J connectivity index is 1.23. The molecule has 5 aromatic heterocycles. The summed E-state index contributed by atoms with van der Waals surface area (Å²) < 4.78 is 6.82. The van der Waals surface area contributed by atoms with E-state index in [2.05, 4.69) is 162 Å². The fraction of sp³-hybridized carbons (Fsp3) is 0.0652. The Morgan fingerprint density at radius 1 is 0.491 bits per heavy atom. The first kappa shape index (κ1) is 31.0. The number of hydrogen-bond acceptors (Lipinski definition) is 3. The monoisotopic (exact) mass is 682 g/mol. The van der Waals surface area contributed by atoms with E-state index in [4.69, 9.17) is 15.0 Å². The Kier molecular flexibility index (Phi) is 7.15. The first-order chi connectivity index (χ1) is 26.0. The average Bonchev–Trinajstić information content (AvgIpc) is 3.87. The second-order valence-electron chi connectivity index (χ2n) is 14.0. The van der Waals surface area contributed by atoms with Gasteiger partial charge in [0.25, 0.3) is 6.71 Å². The van der Waals surface area contributed by atoms with Crippen molar-refractivity contribution in [2.75, 3.05) is 0 Å². The Labute approximate surface area is 307 Å². The molecule has 252 valence electrons. The Morgan fingerprint density at radius 2 is 1.15 bits per heavy atom. The third-order valence-electron chi connectivity index (χ3n) is 10.6. The predicted molar refractivity (Wildman–Crippen MR) is 220 cm³/mol. The number of imidazole rings is 1. The van der Waals surface area contributed by atoms with E-state index in [0.717, 1.165) is 61.3 Å². The van der Waals surface area contributed by atoms with Gasteiger partial charge in [0.2, 0.25) is 5.95 Å². The van der Waals surface area contributed by atoms with E-state index in [1.54, 1.807) is 0 Å². The number of fused-ring (bicyclic) bond motifs is 6. The number of benzene rings is 5. The molecule has 0 aliphatic carbocycles. The smallest absolute Gasteiger partial charge is 0.265 e. The molecule has 0 N–H and O–H groups in total. The van der Waals surface area contributed by atoms with Gasteiger partial charge < -0.3 is 0 Å². The molecule has 0 aliphatic rings. The Morgan fingerprint density at radius 3 is 1.91 bits per heavy atom. The molecule has 0 saturated carbocycles. The molecule has 7 heteroatoms. The number of hydrogen-bond donors (Lipinski definition) is 0. The van der Waals surface area contributed by atoms with Crippen LogP contribution in [0.2, 0.25) is 0 Å². The van der Waals surface area contributed by atoms with Gasteiger partial charge in [-0.1, -0.05) is 114 Å². The summed E-state index contributed by atoms with van der Waals surface area (Å²) in [7, 11) is 0. The highest BCUT2D eigenvalue weighted by Gasteiger charge is 2.27. The van der Waals surface area contributed by atoms with Crippen molar-refractivity contribution in [2.45, 2.75) is 20.8 Å². The molecular weight excluding hydrogens is 647 g/mol. The van der Waals surface area contributed by atoms with Crippen molar-refractivity contribution >= 4 is 66.8 Å². The lowest BCUT2D eigenvalue weighted by Crippen LogP contribution is -2.53. The van der Waals surface area contributed by atoms with Crippen molar-refractivity contribution in [2.24, 2.45) is 0 Å². The highest BCUT2D eigenvalue weighted by atomic mass is 15.2. The van der Waals surface area contributed by atoms with E-state index in [9.17, 15) is 0 Å². The topological polar surface area (TPSA) is 53.5 Å². The van der Waals surface area contributed by atoms with Crippen LogP contribution in [-0.4, -0.2) is 35.4 Å². The summed E-state index contributed by atoms with van der Waals surface area (Å²) in [6.07, 6.45) is 7.88. The van der Waals surface area contributed by atoms with Gasteiger partial charge in [0.15, 0.2) is 0 Å². The minimum atomic E-state index is -0.131. The van der Waals surface area contributed by atoms with Gasteiger partial charge in [-0.25, -0.2) is 9.97 Å². The minimum absolute atomic E-state index is 0.131. The standard InChI is InChI=1S/C46H35BN6/c1-30-25-31(2)45(32(3)26-30)51-24-23-49-46(51)53-40-18-10-7-15-35(40)37-21-20-34(27-41(37)53)47(33-13-5-4-6-14-33)43-28-42-38(29-50-43)36-16-8-9-17-39(36)52(42)44-19-11-12-22-48-44/h4-29H,1-3H3. The summed E-state index contributed by atoms with van der Waals surface area (Å²) in [6, 6.07) is 47.6. The maximum atomic E-state index is 5.24. The average molecular weight is 683 g/mol. The van der Waals surface area contributed by atoms with E-state index < -0.39 is 0 Å². The van der Waals surface area contributed by atoms with Crippen molar-refractivity contribution in [1.82, 2.24) is 28.7 Å². The largest absolute Gasteiger partial charge is 0.294 e. The lowest BCUT2D eigenvalue weighted by atomic mass is 9.38. The highest BCUT2D eigenvalue weighted by Crippen LogP contribution is 2.34. The second kappa shape index (κ2) is 12.2. The lowest BCUT2D eigenvalue weighted by Gasteiger charge is -2.18. The van der Waals surface area contributed by atoms with Crippen LogP contribution in [0, 0.1) is 20.8 Å². The molecule has 0 amide bonds. The molecule has 0 fully saturated rings. The van der Waals surface area contributed by atoms with Gasteiger partial charge in [-0.15, -0.1) is 0 Å². The van der Waals surface area contributed by atoms with Gasteiger partial charge in [-0.2, -0.15) is 0 Å². The molecule has 53 heavy (non-hydrogen) atoms. The number of para-hydroxylation sites is 2. The highest BCUT2D eigenvalue weighted by molar-refractivity contribution is 6.95. The summed E-state index contributed by atoms with van der Waals surface area (Å²) in [6.45, 7) is 6.39. The normalized spacial score (nSPS) is 11.7. The third kappa shape index (κ3) is 4.92. The van der Waals surface area contributed by atoms with Crippen molar-refractivity contribution in [3.63, 3.8) is 0 Å². The lowest BCUT2D eigenvalue weighted by molar-refractivity contribution is 0.923. The van der Waals surface area contributed by atoms with Gasteiger partial charge in [0.1, 0.15) is 5.82 Å². The first-order valence-electron chi connectivity index (χ1n) is 18.1. The van der Waals surface area contributed by atoms with Crippen LogP contribution in [0.5, 0.6) is 0 Å². The molecule has 0 radical (unpaired) electrons. The zero-order valence-corrected chi connectivity index (χ0v) is 29.8. The minimum Gasteiger partial charge on any atom is -0.294 e. The van der Waals surface area contributed by atoms with E-state index in [0.29, 0.717) is 0 Å². The van der Waals surface area contributed by atoms with Gasteiger partial charge in [-0.05, 0) is 68.3 Å². The van der Waals surface area contributed by atoms with Crippen LogP contribution in [0.15, 0.2) is 158 Å². The maximum absolute atomic E-state index is 5.24. The van der Waals surface area contributed by atoms with E-state index in [1.165, 1.54) is 32.9 Å². The van der Waals surface area contributed by atoms with Crippen LogP contribution in [0.25, 0.3) is 61.1 Å². The van der Waals surface area contributed by atoms with E-state index in [-0.39, 0.29) is 6.71 Å². The number of pyridine rings is 2. The van der Waals surface area contributed by atoms with Crippen LogP contribution in [0.1, 0.15) is 16.7 Å². The van der Waals surface area contributed by atoms with Crippen LogP contribution >= 0.6 is 0 Å². The Bertz CT molecular complexity index is 2970. The van der Waals surface area contributed by atoms with Gasteiger partial charge >= 0.3 is 0 Å². The molecular formula is C46H35BN6. The molecule has 0 atom stereocenters. The molecule has 10 rings (SSSR count). The summed E-state index contributed by atoms with van der Waals surface area (Å²) in [5.74, 6) is 1.74. The third-order valence-corrected chi connectivity index (χ3v) is 10.6. The number of aromatic nitrogens is 6. The molecule has 0 saturated heterocycles. The van der Waals surface area contributed by atoms with Crippen molar-refractivity contribution in [3.05, 3.63) is 175 Å². The molecule has 10 aromatic rings. The molecule has 0 bridgehead atoms. The fourth-order valence-corrected chi connectivity index (χ4v) is 8.52. The van der Waals surface area contributed by atoms with Crippen molar-refractivity contribution < 1.29 is 0 Å². The van der Waals surface area contributed by atoms with Gasteiger partial charge in [-0.3, -0.25) is 18.7 Å². The maximum Gasteiger partial charge on any atom is 0.265 e. The van der Waals surface area contributed by atoms with Crippen LogP contribution < -0.4 is 16.5 Å². The molecule has 0 aliphatic heterocycles. The molecule has 0 spiro atoms. The summed E-state index contributed by atoms with van der Waals surface area (Å²) >= 11 is 0. The Hall–Kier alpha value is -6.73. The first-order valence-corrected chi connectivity index (χ1v) is 18.1. The predicted octanol–water partition coefficient (Wildman–Crippen LogP) is 8.30. The van der Waals surface area contributed by atoms with Crippen molar-refractivity contribution in [1.29, 1.82) is 0 Å². The zero-order chi connectivity index (χ0) is 35.6. The number of aryl methyl sites for hydroxylation is 3. The van der Waals surface area contributed by atoms with E-state index >= 15 is 0 Å². The van der Waals surface area contributed by atoms with Gasteiger partial charge in [0.05, 0.1) is 27.8 Å². The van der Waals surface area contributed by atoms with Crippen LogP contribution in [0.3, 0.4) is 0 Å². The van der Waals surface area contributed by atoms with E-state index in [1.807, 2.05) is 30.7 Å². The van der Waals surface area contributed by atoms with Crippen LogP contribution in [-0.2, 0) is 0 Å². The SMILES string of the molecule is Cc1cc(C)c(-n2ccnc2-n2c3ccccc3c3ccc(B(c4ccccc4)c4cc5c(cn4)c4ccccc4n5-c4ccccn4)cc32)c(C)c1. The summed E-state index contributed by atoms with van der Waals surface area (Å²) in [5, 5.41) is 4.63. The number of nitrogens with zero attached hydrogens (tertiary/aromatic N) is 6. The summed E-state index contributed by atoms with van der Waals surface area (Å²) in [4.78, 5) is 15.0. The van der Waals surface area contributed by atoms with Crippen LogP contribution in [0.4, 0.5) is 0 Å². The zero-order valence-electron chi connectivity index (χ0n) is 29.8. The second-order valence-corrected chi connectivity index (χ2v) is 14.0. The molecule has 5 aromatic carbocycles. The fourth-order valence-electron chi connectivity index (χ4n) is 8.52.